The summed E-state index contributed by atoms with van der Waals surface area (Å²) in [6.07, 6.45) is 0.911. The molecule has 0 radical (unpaired) electrons. The van der Waals surface area contributed by atoms with Gasteiger partial charge in [0.15, 0.2) is 5.96 Å². The van der Waals surface area contributed by atoms with Gasteiger partial charge in [0.25, 0.3) is 5.91 Å². The maximum absolute atomic E-state index is 12.4. The molecule has 1 aliphatic rings. The number of carbonyl (C=O) groups excluding carboxylic acids is 1. The van der Waals surface area contributed by atoms with Crippen LogP contribution in [0.2, 0.25) is 0 Å². The van der Waals surface area contributed by atoms with Gasteiger partial charge in [-0.1, -0.05) is 25.1 Å². The Morgan fingerprint density at radius 1 is 1.12 bits per heavy atom. The van der Waals surface area contributed by atoms with Gasteiger partial charge < -0.3 is 25.2 Å². The molecule has 7 nitrogen and oxygen atoms in total. The molecule has 1 heterocycles. The van der Waals surface area contributed by atoms with Gasteiger partial charge in [0.1, 0.15) is 5.75 Å². The summed E-state index contributed by atoms with van der Waals surface area (Å²) in [6.45, 7) is 8.29. The minimum Gasteiger partial charge on any atom is -0.497 e. The van der Waals surface area contributed by atoms with Gasteiger partial charge in [-0.15, -0.1) is 0 Å². The standard InChI is InChI=1S/C25H35N5O2/c1-5-19(2)28-24(31)21-9-6-8-20(16-21)18-27-25(26-3)30-14-12-29(13-15-30)22-10-7-11-23(17-22)32-4/h6-11,16-17,19H,5,12-15,18H2,1-4H3,(H,26,27)(H,28,31). The number of carbonyl (C=O) groups is 1. The summed E-state index contributed by atoms with van der Waals surface area (Å²) in [7, 11) is 3.51. The van der Waals surface area contributed by atoms with Gasteiger partial charge in [-0.3, -0.25) is 9.79 Å². The fourth-order valence-electron chi connectivity index (χ4n) is 3.73. The number of aliphatic imine (C=N–C) groups is 1. The van der Waals surface area contributed by atoms with Crippen molar-refractivity contribution < 1.29 is 9.53 Å². The van der Waals surface area contributed by atoms with Crippen LogP contribution in [0.25, 0.3) is 0 Å². The number of hydrogen-bond acceptors (Lipinski definition) is 4. The van der Waals surface area contributed by atoms with Gasteiger partial charge in [-0.05, 0) is 43.2 Å². The summed E-state index contributed by atoms with van der Waals surface area (Å²) in [5.41, 5.74) is 2.92. The number of amides is 1. The maximum atomic E-state index is 12.4. The summed E-state index contributed by atoms with van der Waals surface area (Å²) in [5, 5.41) is 6.47. The molecular weight excluding hydrogens is 402 g/mol. The van der Waals surface area contributed by atoms with E-state index in [1.807, 2.05) is 50.4 Å². The number of rotatable bonds is 7. The number of benzene rings is 2. The molecule has 0 saturated carbocycles. The maximum Gasteiger partial charge on any atom is 0.251 e. The van der Waals surface area contributed by atoms with Crippen LogP contribution in [0.4, 0.5) is 5.69 Å². The van der Waals surface area contributed by atoms with Crippen molar-refractivity contribution in [3.05, 3.63) is 59.7 Å². The first-order chi connectivity index (χ1) is 15.5. The van der Waals surface area contributed by atoms with Gasteiger partial charge in [-0.2, -0.15) is 0 Å². The molecule has 0 aromatic heterocycles. The minimum absolute atomic E-state index is 0.0285. The van der Waals surface area contributed by atoms with E-state index >= 15 is 0 Å². The fourth-order valence-corrected chi connectivity index (χ4v) is 3.73. The number of hydrogen-bond donors (Lipinski definition) is 2. The van der Waals surface area contributed by atoms with Gasteiger partial charge in [-0.25, -0.2) is 0 Å². The first kappa shape index (κ1) is 23.4. The van der Waals surface area contributed by atoms with E-state index < -0.39 is 0 Å². The molecule has 3 rings (SSSR count). The van der Waals surface area contributed by atoms with Crippen molar-refractivity contribution in [3.8, 4) is 5.75 Å². The van der Waals surface area contributed by atoms with Crippen molar-refractivity contribution in [3.63, 3.8) is 0 Å². The molecule has 172 valence electrons. The van der Waals surface area contributed by atoms with E-state index in [1.54, 1.807) is 7.11 Å². The summed E-state index contributed by atoms with van der Waals surface area (Å²) < 4.78 is 5.35. The van der Waals surface area contributed by atoms with Crippen LogP contribution in [-0.4, -0.2) is 63.1 Å². The number of methoxy groups -OCH3 is 1. The van der Waals surface area contributed by atoms with Crippen molar-refractivity contribution in [2.75, 3.05) is 45.2 Å². The lowest BCUT2D eigenvalue weighted by atomic mass is 10.1. The van der Waals surface area contributed by atoms with Crippen LogP contribution >= 0.6 is 0 Å². The van der Waals surface area contributed by atoms with Crippen molar-refractivity contribution in [1.29, 1.82) is 0 Å². The molecule has 1 unspecified atom stereocenters. The van der Waals surface area contributed by atoms with Gasteiger partial charge in [0.2, 0.25) is 0 Å². The monoisotopic (exact) mass is 437 g/mol. The fraction of sp³-hybridized carbons (Fsp3) is 0.440. The molecule has 2 N–H and O–H groups in total. The minimum atomic E-state index is -0.0285. The molecule has 1 amide bonds. The normalized spacial score (nSPS) is 15.3. The second-order valence-corrected chi connectivity index (χ2v) is 8.06. The summed E-state index contributed by atoms with van der Waals surface area (Å²) in [5.74, 6) is 1.73. The number of ether oxygens (including phenoxy) is 1. The molecule has 2 aromatic rings. The molecule has 1 aliphatic heterocycles. The average Bonchev–Trinajstić information content (AvgIpc) is 2.85. The quantitative estimate of drug-likeness (QED) is 0.515. The van der Waals surface area contributed by atoms with E-state index in [-0.39, 0.29) is 11.9 Å². The lowest BCUT2D eigenvalue weighted by molar-refractivity contribution is 0.0939. The smallest absolute Gasteiger partial charge is 0.251 e. The second kappa shape index (κ2) is 11.4. The van der Waals surface area contributed by atoms with E-state index in [1.165, 1.54) is 5.69 Å². The molecular formula is C25H35N5O2. The Morgan fingerprint density at radius 2 is 1.88 bits per heavy atom. The number of anilines is 1. The van der Waals surface area contributed by atoms with Crippen molar-refractivity contribution >= 4 is 17.6 Å². The highest BCUT2D eigenvalue weighted by Gasteiger charge is 2.20. The van der Waals surface area contributed by atoms with Crippen LogP contribution in [0.3, 0.4) is 0 Å². The van der Waals surface area contributed by atoms with E-state index in [4.69, 9.17) is 4.74 Å². The van der Waals surface area contributed by atoms with Crippen LogP contribution in [0.15, 0.2) is 53.5 Å². The Balaban J connectivity index is 1.54. The molecule has 32 heavy (non-hydrogen) atoms. The van der Waals surface area contributed by atoms with Crippen LogP contribution in [0, 0.1) is 0 Å². The van der Waals surface area contributed by atoms with Gasteiger partial charge >= 0.3 is 0 Å². The van der Waals surface area contributed by atoms with E-state index in [9.17, 15) is 4.79 Å². The summed E-state index contributed by atoms with van der Waals surface area (Å²) in [6, 6.07) is 16.1. The van der Waals surface area contributed by atoms with Crippen LogP contribution < -0.4 is 20.3 Å². The Hall–Kier alpha value is -3.22. The summed E-state index contributed by atoms with van der Waals surface area (Å²) in [4.78, 5) is 21.5. The topological polar surface area (TPSA) is 69.2 Å². The average molecular weight is 438 g/mol. The molecule has 7 heteroatoms. The first-order valence-electron chi connectivity index (χ1n) is 11.3. The Morgan fingerprint density at radius 3 is 2.56 bits per heavy atom. The lowest BCUT2D eigenvalue weighted by Crippen LogP contribution is -2.52. The highest BCUT2D eigenvalue weighted by Crippen LogP contribution is 2.22. The lowest BCUT2D eigenvalue weighted by Gasteiger charge is -2.37. The predicted molar refractivity (Wildman–Crippen MR) is 131 cm³/mol. The second-order valence-electron chi connectivity index (χ2n) is 8.06. The Labute approximate surface area is 191 Å². The van der Waals surface area contributed by atoms with Crippen molar-refractivity contribution in [2.24, 2.45) is 4.99 Å². The van der Waals surface area contributed by atoms with Crippen LogP contribution in [0.1, 0.15) is 36.2 Å². The zero-order valence-electron chi connectivity index (χ0n) is 19.6. The summed E-state index contributed by atoms with van der Waals surface area (Å²) >= 11 is 0. The Bertz CT molecular complexity index is 922. The van der Waals surface area contributed by atoms with E-state index in [0.717, 1.165) is 49.9 Å². The number of guanidine groups is 1. The van der Waals surface area contributed by atoms with Crippen molar-refractivity contribution in [2.45, 2.75) is 32.9 Å². The molecule has 0 aliphatic carbocycles. The van der Waals surface area contributed by atoms with Crippen LogP contribution in [-0.2, 0) is 6.54 Å². The van der Waals surface area contributed by atoms with Gasteiger partial charge in [0.05, 0.1) is 7.11 Å². The molecule has 1 fully saturated rings. The molecule has 2 aromatic carbocycles. The number of nitrogens with one attached hydrogen (secondary N) is 2. The molecule has 0 spiro atoms. The third kappa shape index (κ3) is 6.15. The Kier molecular flexibility index (Phi) is 8.36. The molecule has 1 atom stereocenters. The highest BCUT2D eigenvalue weighted by atomic mass is 16.5. The van der Waals surface area contributed by atoms with Crippen LogP contribution in [0.5, 0.6) is 5.75 Å². The largest absolute Gasteiger partial charge is 0.497 e. The zero-order chi connectivity index (χ0) is 22.9. The van der Waals surface area contributed by atoms with E-state index in [0.29, 0.717) is 12.1 Å². The van der Waals surface area contributed by atoms with Crippen molar-refractivity contribution in [1.82, 2.24) is 15.5 Å². The third-order valence-corrected chi connectivity index (χ3v) is 5.84. The number of piperazine rings is 1. The highest BCUT2D eigenvalue weighted by molar-refractivity contribution is 5.94. The SMILES string of the molecule is CCC(C)NC(=O)c1cccc(CNC(=NC)N2CCN(c3cccc(OC)c3)CC2)c1. The van der Waals surface area contributed by atoms with Gasteiger partial charge in [0, 0.05) is 63.1 Å². The molecule has 1 saturated heterocycles. The first-order valence-corrected chi connectivity index (χ1v) is 11.3. The third-order valence-electron chi connectivity index (χ3n) is 5.84. The van der Waals surface area contributed by atoms with E-state index in [2.05, 4.69) is 44.5 Å². The molecule has 0 bridgehead atoms. The number of nitrogens with zero attached hydrogens (tertiary/aromatic N) is 3. The predicted octanol–water partition coefficient (Wildman–Crippen LogP) is 3.12. The zero-order valence-corrected chi connectivity index (χ0v) is 19.6.